The minimum atomic E-state index is 0.0374. The van der Waals surface area contributed by atoms with E-state index in [9.17, 15) is 4.79 Å². The average Bonchev–Trinajstić information content (AvgIpc) is 3.10. The second-order valence-electron chi connectivity index (χ2n) is 6.24. The van der Waals surface area contributed by atoms with E-state index in [0.29, 0.717) is 17.2 Å². The van der Waals surface area contributed by atoms with Crippen molar-refractivity contribution in [2.24, 2.45) is 0 Å². The predicted molar refractivity (Wildman–Crippen MR) is 99.8 cm³/mol. The molecule has 0 bridgehead atoms. The van der Waals surface area contributed by atoms with E-state index in [1.54, 1.807) is 7.11 Å². The minimum Gasteiger partial charge on any atom is -0.496 e. The first-order chi connectivity index (χ1) is 11.6. The Bertz CT molecular complexity index is 712. The minimum absolute atomic E-state index is 0.0374. The van der Waals surface area contributed by atoms with Crippen molar-refractivity contribution in [3.8, 4) is 5.75 Å². The first-order valence-corrected chi connectivity index (χ1v) is 9.32. The van der Waals surface area contributed by atoms with Crippen LogP contribution in [0, 0.1) is 0 Å². The highest BCUT2D eigenvalue weighted by atomic mass is 32.2. The molecule has 1 atom stereocenters. The summed E-state index contributed by atoms with van der Waals surface area (Å²) in [4.78, 5) is 15.0. The number of carbonyl (C=O) groups excluding carboxylic acids is 1. The van der Waals surface area contributed by atoms with Crippen LogP contribution in [0.3, 0.4) is 0 Å². The van der Waals surface area contributed by atoms with Gasteiger partial charge >= 0.3 is 0 Å². The van der Waals surface area contributed by atoms with Gasteiger partial charge in [-0.25, -0.2) is 0 Å². The first-order valence-electron chi connectivity index (χ1n) is 8.27. The molecule has 0 aromatic heterocycles. The molecule has 24 heavy (non-hydrogen) atoms. The lowest BCUT2D eigenvalue weighted by Crippen LogP contribution is -2.30. The summed E-state index contributed by atoms with van der Waals surface area (Å²) in [5, 5.41) is 0.0728. The molecule has 3 nitrogen and oxygen atoms in total. The quantitative estimate of drug-likeness (QED) is 0.807. The average molecular weight is 341 g/mol. The van der Waals surface area contributed by atoms with E-state index in [4.69, 9.17) is 4.74 Å². The van der Waals surface area contributed by atoms with E-state index in [-0.39, 0.29) is 11.3 Å². The number of rotatable bonds is 4. The number of hydrogen-bond acceptors (Lipinski definition) is 3. The second-order valence-corrected chi connectivity index (χ2v) is 7.43. The lowest BCUT2D eigenvalue weighted by Gasteiger charge is -2.25. The Hall–Kier alpha value is -1.94. The monoisotopic (exact) mass is 341 g/mol. The Morgan fingerprint density at radius 1 is 1.17 bits per heavy atom. The molecular formula is C20H23NO2S. The molecule has 2 aromatic carbocycles. The highest BCUT2D eigenvalue weighted by molar-refractivity contribution is 7.99. The lowest BCUT2D eigenvalue weighted by molar-refractivity contribution is 0.0757. The molecule has 1 heterocycles. The molecule has 1 fully saturated rings. The molecule has 0 N–H and O–H groups in total. The van der Waals surface area contributed by atoms with Crippen molar-refractivity contribution >= 4 is 17.7 Å². The maximum atomic E-state index is 13.0. The van der Waals surface area contributed by atoms with Crippen LogP contribution in [-0.2, 0) is 0 Å². The Morgan fingerprint density at radius 3 is 2.54 bits per heavy atom. The SMILES string of the molecule is COc1ccccc1C(=O)N1CCS[C@H]1c1ccc(C(C)C)cc1. The molecule has 2 aromatic rings. The van der Waals surface area contributed by atoms with Crippen LogP contribution in [0.2, 0.25) is 0 Å². The van der Waals surface area contributed by atoms with Crippen LogP contribution in [0.15, 0.2) is 48.5 Å². The van der Waals surface area contributed by atoms with Crippen molar-refractivity contribution in [2.75, 3.05) is 19.4 Å². The molecular weight excluding hydrogens is 318 g/mol. The molecule has 0 aliphatic carbocycles. The van der Waals surface area contributed by atoms with Gasteiger partial charge in [-0.2, -0.15) is 0 Å². The Labute approximate surface area is 148 Å². The summed E-state index contributed by atoms with van der Waals surface area (Å²) in [6.45, 7) is 5.14. The van der Waals surface area contributed by atoms with Crippen molar-refractivity contribution in [3.05, 3.63) is 65.2 Å². The number of thioether (sulfide) groups is 1. The second kappa shape index (κ2) is 7.31. The van der Waals surface area contributed by atoms with Crippen molar-refractivity contribution in [2.45, 2.75) is 25.1 Å². The lowest BCUT2D eigenvalue weighted by atomic mass is 10.0. The number of amides is 1. The van der Waals surface area contributed by atoms with Crippen LogP contribution < -0.4 is 4.74 Å². The molecule has 3 rings (SSSR count). The van der Waals surface area contributed by atoms with Gasteiger partial charge in [0.15, 0.2) is 0 Å². The van der Waals surface area contributed by atoms with Crippen molar-refractivity contribution in [1.82, 2.24) is 4.90 Å². The molecule has 1 aliphatic rings. The normalized spacial score (nSPS) is 17.3. The molecule has 1 aliphatic heterocycles. The zero-order chi connectivity index (χ0) is 17.1. The molecule has 0 saturated carbocycles. The first kappa shape index (κ1) is 16.9. The zero-order valence-electron chi connectivity index (χ0n) is 14.4. The van der Waals surface area contributed by atoms with Gasteiger partial charge in [0.1, 0.15) is 11.1 Å². The van der Waals surface area contributed by atoms with Crippen LogP contribution in [-0.4, -0.2) is 30.2 Å². The summed E-state index contributed by atoms with van der Waals surface area (Å²) in [6, 6.07) is 16.1. The molecule has 0 radical (unpaired) electrons. The van der Waals surface area contributed by atoms with Crippen LogP contribution in [0.5, 0.6) is 5.75 Å². The van der Waals surface area contributed by atoms with Gasteiger partial charge in [0, 0.05) is 12.3 Å². The van der Waals surface area contributed by atoms with Gasteiger partial charge in [-0.1, -0.05) is 50.2 Å². The Morgan fingerprint density at radius 2 is 1.88 bits per heavy atom. The van der Waals surface area contributed by atoms with Crippen LogP contribution in [0.25, 0.3) is 0 Å². The van der Waals surface area contributed by atoms with Gasteiger partial charge in [0.05, 0.1) is 12.7 Å². The van der Waals surface area contributed by atoms with Gasteiger partial charge in [0.2, 0.25) is 0 Å². The third-order valence-corrected chi connectivity index (χ3v) is 5.64. The number of ether oxygens (including phenoxy) is 1. The van der Waals surface area contributed by atoms with Gasteiger partial charge < -0.3 is 9.64 Å². The standard InChI is InChI=1S/C20H23NO2S/c1-14(2)15-8-10-16(11-9-15)20-21(12-13-24-20)19(22)17-6-4-5-7-18(17)23-3/h4-11,14,20H,12-13H2,1-3H3/t20-/m0/s1. The number of carbonyl (C=O) groups is 1. The number of hydrogen-bond donors (Lipinski definition) is 0. The molecule has 0 unspecified atom stereocenters. The third-order valence-electron chi connectivity index (χ3n) is 4.38. The third kappa shape index (κ3) is 3.29. The summed E-state index contributed by atoms with van der Waals surface area (Å²) in [6.07, 6.45) is 0. The summed E-state index contributed by atoms with van der Waals surface area (Å²) < 4.78 is 5.35. The fraction of sp³-hybridized carbons (Fsp3) is 0.350. The Kier molecular flexibility index (Phi) is 5.14. The van der Waals surface area contributed by atoms with E-state index >= 15 is 0 Å². The molecule has 4 heteroatoms. The molecule has 126 valence electrons. The summed E-state index contributed by atoms with van der Waals surface area (Å²) >= 11 is 1.82. The maximum absolute atomic E-state index is 13.0. The fourth-order valence-electron chi connectivity index (χ4n) is 2.98. The predicted octanol–water partition coefficient (Wildman–Crippen LogP) is 4.71. The van der Waals surface area contributed by atoms with E-state index in [2.05, 4.69) is 38.1 Å². The number of benzene rings is 2. The van der Waals surface area contributed by atoms with Gasteiger partial charge in [-0.15, -0.1) is 11.8 Å². The highest BCUT2D eigenvalue weighted by Crippen LogP contribution is 2.39. The van der Waals surface area contributed by atoms with Gasteiger partial charge in [0.25, 0.3) is 5.91 Å². The Balaban J connectivity index is 1.86. The van der Waals surface area contributed by atoms with Crippen molar-refractivity contribution < 1.29 is 9.53 Å². The molecule has 1 amide bonds. The van der Waals surface area contributed by atoms with E-state index < -0.39 is 0 Å². The van der Waals surface area contributed by atoms with Gasteiger partial charge in [-0.3, -0.25) is 4.79 Å². The zero-order valence-corrected chi connectivity index (χ0v) is 15.2. The smallest absolute Gasteiger partial charge is 0.258 e. The van der Waals surface area contributed by atoms with E-state index in [0.717, 1.165) is 12.3 Å². The van der Waals surface area contributed by atoms with Crippen molar-refractivity contribution in [1.29, 1.82) is 0 Å². The van der Waals surface area contributed by atoms with Crippen LogP contribution in [0.1, 0.15) is 46.6 Å². The largest absolute Gasteiger partial charge is 0.496 e. The summed E-state index contributed by atoms with van der Waals surface area (Å²) in [5.74, 6) is 2.14. The topological polar surface area (TPSA) is 29.5 Å². The van der Waals surface area contributed by atoms with Gasteiger partial charge in [-0.05, 0) is 29.2 Å². The van der Waals surface area contributed by atoms with Crippen molar-refractivity contribution in [3.63, 3.8) is 0 Å². The molecule has 1 saturated heterocycles. The van der Waals surface area contributed by atoms with Crippen LogP contribution in [0.4, 0.5) is 0 Å². The number of nitrogens with zero attached hydrogens (tertiary/aromatic N) is 1. The highest BCUT2D eigenvalue weighted by Gasteiger charge is 2.32. The number of para-hydroxylation sites is 1. The fourth-order valence-corrected chi connectivity index (χ4v) is 4.23. The molecule has 0 spiro atoms. The summed E-state index contributed by atoms with van der Waals surface area (Å²) in [7, 11) is 1.60. The van der Waals surface area contributed by atoms with E-state index in [1.165, 1.54) is 11.1 Å². The number of methoxy groups -OCH3 is 1. The maximum Gasteiger partial charge on any atom is 0.258 e. The summed E-state index contributed by atoms with van der Waals surface area (Å²) in [5.41, 5.74) is 3.14. The van der Waals surface area contributed by atoms with Crippen LogP contribution >= 0.6 is 11.8 Å². The van der Waals surface area contributed by atoms with E-state index in [1.807, 2.05) is 40.9 Å².